The molecule has 2 unspecified atom stereocenters. The molecule has 1 aromatic carbocycles. The van der Waals surface area contributed by atoms with Crippen molar-refractivity contribution in [1.29, 1.82) is 0 Å². The van der Waals surface area contributed by atoms with E-state index in [9.17, 15) is 0 Å². The molecule has 90 valence electrons. The second kappa shape index (κ2) is 6.66. The van der Waals surface area contributed by atoms with Crippen molar-refractivity contribution in [2.24, 2.45) is 11.8 Å². The highest BCUT2D eigenvalue weighted by atomic mass is 15.2. The summed E-state index contributed by atoms with van der Waals surface area (Å²) in [6.45, 7) is 6.67. The fourth-order valence-electron chi connectivity index (χ4n) is 1.97. The van der Waals surface area contributed by atoms with Crippen LogP contribution in [0.3, 0.4) is 0 Å². The molecule has 2 atom stereocenters. The van der Waals surface area contributed by atoms with Gasteiger partial charge in [0.1, 0.15) is 0 Å². The SMILES string of the molecule is CCC(C)CC(Cc1ccccc1C)NN. The van der Waals surface area contributed by atoms with Gasteiger partial charge in [-0.3, -0.25) is 11.3 Å². The third-order valence-corrected chi connectivity index (χ3v) is 3.35. The molecular weight excluding hydrogens is 196 g/mol. The molecule has 0 bridgehead atoms. The molecule has 0 aromatic heterocycles. The Morgan fingerprint density at radius 2 is 2.00 bits per heavy atom. The van der Waals surface area contributed by atoms with E-state index in [1.807, 2.05) is 0 Å². The number of aryl methyl sites for hydroxylation is 1. The van der Waals surface area contributed by atoms with Crippen LogP contribution in [0.2, 0.25) is 0 Å². The summed E-state index contributed by atoms with van der Waals surface area (Å²) in [4.78, 5) is 0. The molecule has 0 saturated heterocycles. The standard InChI is InChI=1S/C14H24N2/c1-4-11(2)9-14(16-15)10-13-8-6-5-7-12(13)3/h5-8,11,14,16H,4,9-10,15H2,1-3H3. The molecule has 2 heteroatoms. The van der Waals surface area contributed by atoms with Gasteiger partial charge in [0.2, 0.25) is 0 Å². The Hall–Kier alpha value is -0.860. The zero-order valence-electron chi connectivity index (χ0n) is 10.7. The van der Waals surface area contributed by atoms with E-state index in [0.29, 0.717) is 6.04 Å². The van der Waals surface area contributed by atoms with E-state index in [2.05, 4.69) is 50.5 Å². The summed E-state index contributed by atoms with van der Waals surface area (Å²) in [5.41, 5.74) is 5.69. The van der Waals surface area contributed by atoms with Crippen LogP contribution < -0.4 is 11.3 Å². The van der Waals surface area contributed by atoms with Crippen molar-refractivity contribution in [3.63, 3.8) is 0 Å². The van der Waals surface area contributed by atoms with Crippen molar-refractivity contribution < 1.29 is 0 Å². The zero-order valence-corrected chi connectivity index (χ0v) is 10.7. The summed E-state index contributed by atoms with van der Waals surface area (Å²) >= 11 is 0. The second-order valence-electron chi connectivity index (χ2n) is 4.74. The predicted molar refractivity (Wildman–Crippen MR) is 70.1 cm³/mol. The Bertz CT molecular complexity index is 309. The van der Waals surface area contributed by atoms with Crippen molar-refractivity contribution in [3.8, 4) is 0 Å². The number of hydrazine groups is 1. The van der Waals surface area contributed by atoms with Crippen LogP contribution >= 0.6 is 0 Å². The summed E-state index contributed by atoms with van der Waals surface area (Å²) in [7, 11) is 0. The van der Waals surface area contributed by atoms with Gasteiger partial charge in [0, 0.05) is 6.04 Å². The van der Waals surface area contributed by atoms with Crippen molar-refractivity contribution >= 4 is 0 Å². The molecule has 0 aliphatic rings. The van der Waals surface area contributed by atoms with Gasteiger partial charge in [-0.25, -0.2) is 0 Å². The van der Waals surface area contributed by atoms with Crippen LogP contribution in [0.15, 0.2) is 24.3 Å². The number of hydrogen-bond donors (Lipinski definition) is 2. The molecular formula is C14H24N2. The van der Waals surface area contributed by atoms with Crippen molar-refractivity contribution in [2.75, 3.05) is 0 Å². The highest BCUT2D eigenvalue weighted by molar-refractivity contribution is 5.26. The number of hydrogen-bond acceptors (Lipinski definition) is 2. The fourth-order valence-corrected chi connectivity index (χ4v) is 1.97. The molecule has 2 nitrogen and oxygen atoms in total. The topological polar surface area (TPSA) is 38.0 Å². The lowest BCUT2D eigenvalue weighted by molar-refractivity contribution is 0.396. The molecule has 0 amide bonds. The Morgan fingerprint density at radius 3 is 2.56 bits per heavy atom. The first-order chi connectivity index (χ1) is 7.67. The third-order valence-electron chi connectivity index (χ3n) is 3.35. The Balaban J connectivity index is 2.60. The maximum atomic E-state index is 5.62. The van der Waals surface area contributed by atoms with Gasteiger partial charge in [-0.15, -0.1) is 0 Å². The molecule has 0 spiro atoms. The molecule has 16 heavy (non-hydrogen) atoms. The van der Waals surface area contributed by atoms with E-state index < -0.39 is 0 Å². The minimum atomic E-state index is 0.385. The number of rotatable bonds is 6. The lowest BCUT2D eigenvalue weighted by Crippen LogP contribution is -2.38. The third kappa shape index (κ3) is 3.95. The number of benzene rings is 1. The van der Waals surface area contributed by atoms with Gasteiger partial charge in [-0.1, -0.05) is 44.5 Å². The minimum absolute atomic E-state index is 0.385. The Morgan fingerprint density at radius 1 is 1.31 bits per heavy atom. The van der Waals surface area contributed by atoms with Crippen LogP contribution in [0.4, 0.5) is 0 Å². The van der Waals surface area contributed by atoms with E-state index in [1.54, 1.807) is 0 Å². The average Bonchev–Trinajstić information content (AvgIpc) is 2.30. The first-order valence-electron chi connectivity index (χ1n) is 6.18. The number of nitrogens with one attached hydrogen (secondary N) is 1. The lowest BCUT2D eigenvalue weighted by Gasteiger charge is -2.20. The molecule has 1 aromatic rings. The van der Waals surface area contributed by atoms with Gasteiger partial charge >= 0.3 is 0 Å². The highest BCUT2D eigenvalue weighted by Crippen LogP contribution is 2.15. The van der Waals surface area contributed by atoms with Crippen molar-refractivity contribution in [2.45, 2.75) is 46.1 Å². The maximum absolute atomic E-state index is 5.62. The molecule has 0 heterocycles. The smallest absolute Gasteiger partial charge is 0.0253 e. The fraction of sp³-hybridized carbons (Fsp3) is 0.571. The van der Waals surface area contributed by atoms with Crippen LogP contribution in [0, 0.1) is 12.8 Å². The molecule has 3 N–H and O–H groups in total. The minimum Gasteiger partial charge on any atom is -0.271 e. The molecule has 0 saturated carbocycles. The van der Waals surface area contributed by atoms with E-state index in [4.69, 9.17) is 5.84 Å². The van der Waals surface area contributed by atoms with E-state index >= 15 is 0 Å². The lowest BCUT2D eigenvalue weighted by atomic mass is 9.93. The summed E-state index contributed by atoms with van der Waals surface area (Å²) in [6, 6.07) is 8.91. The largest absolute Gasteiger partial charge is 0.271 e. The molecule has 0 fully saturated rings. The monoisotopic (exact) mass is 220 g/mol. The molecule has 0 aliphatic heterocycles. The van der Waals surface area contributed by atoms with Crippen molar-refractivity contribution in [1.82, 2.24) is 5.43 Å². The van der Waals surface area contributed by atoms with Gasteiger partial charge < -0.3 is 0 Å². The van der Waals surface area contributed by atoms with Crippen molar-refractivity contribution in [3.05, 3.63) is 35.4 Å². The van der Waals surface area contributed by atoms with Crippen LogP contribution in [0.25, 0.3) is 0 Å². The van der Waals surface area contributed by atoms with Gasteiger partial charge in [0.05, 0.1) is 0 Å². The Kier molecular flexibility index (Phi) is 5.50. The predicted octanol–water partition coefficient (Wildman–Crippen LogP) is 2.81. The summed E-state index contributed by atoms with van der Waals surface area (Å²) in [6.07, 6.45) is 3.38. The van der Waals surface area contributed by atoms with Gasteiger partial charge in [0.25, 0.3) is 0 Å². The second-order valence-corrected chi connectivity index (χ2v) is 4.74. The molecule has 0 radical (unpaired) electrons. The van der Waals surface area contributed by atoms with Gasteiger partial charge in [-0.05, 0) is 36.8 Å². The zero-order chi connectivity index (χ0) is 12.0. The molecule has 0 aliphatic carbocycles. The first-order valence-corrected chi connectivity index (χ1v) is 6.18. The summed E-state index contributed by atoms with van der Waals surface area (Å²) < 4.78 is 0. The quantitative estimate of drug-likeness (QED) is 0.571. The van der Waals surface area contributed by atoms with Gasteiger partial charge in [0.15, 0.2) is 0 Å². The van der Waals surface area contributed by atoms with E-state index in [-0.39, 0.29) is 0 Å². The highest BCUT2D eigenvalue weighted by Gasteiger charge is 2.12. The summed E-state index contributed by atoms with van der Waals surface area (Å²) in [5, 5.41) is 0. The molecule has 1 rings (SSSR count). The normalized spacial score (nSPS) is 14.8. The van der Waals surface area contributed by atoms with Gasteiger partial charge in [-0.2, -0.15) is 0 Å². The van der Waals surface area contributed by atoms with Crippen LogP contribution in [0.5, 0.6) is 0 Å². The Labute approximate surface area is 99.2 Å². The van der Waals surface area contributed by atoms with Crippen LogP contribution in [-0.2, 0) is 6.42 Å². The average molecular weight is 220 g/mol. The van der Waals surface area contributed by atoms with Crippen LogP contribution in [0.1, 0.15) is 37.8 Å². The summed E-state index contributed by atoms with van der Waals surface area (Å²) in [5.74, 6) is 6.35. The van der Waals surface area contributed by atoms with E-state index in [0.717, 1.165) is 18.8 Å². The van der Waals surface area contributed by atoms with Crippen LogP contribution in [-0.4, -0.2) is 6.04 Å². The number of nitrogens with two attached hydrogens (primary N) is 1. The van der Waals surface area contributed by atoms with E-state index in [1.165, 1.54) is 17.5 Å². The maximum Gasteiger partial charge on any atom is 0.0253 e. The first kappa shape index (κ1) is 13.2.